The first-order valence-electron chi connectivity index (χ1n) is 8.48. The molecule has 1 saturated carbocycles. The fourth-order valence-corrected chi connectivity index (χ4v) is 2.99. The lowest BCUT2D eigenvalue weighted by Crippen LogP contribution is -2.53. The van der Waals surface area contributed by atoms with E-state index in [1.807, 2.05) is 13.8 Å². The maximum Gasteiger partial charge on any atom is 0.315 e. The molecular weight excluding hydrogens is 298 g/mol. The summed E-state index contributed by atoms with van der Waals surface area (Å²) in [6.07, 6.45) is 6.33. The lowest BCUT2D eigenvalue weighted by atomic mass is 9.89. The second kappa shape index (κ2) is 9.37. The first-order valence-corrected chi connectivity index (χ1v) is 8.48. The van der Waals surface area contributed by atoms with Crippen LogP contribution in [0.5, 0.6) is 0 Å². The molecule has 0 aromatic heterocycles. The quantitative estimate of drug-likeness (QED) is 0.545. The molecule has 23 heavy (non-hydrogen) atoms. The molecule has 7 nitrogen and oxygen atoms in total. The van der Waals surface area contributed by atoms with Gasteiger partial charge in [-0.15, -0.1) is 0 Å². The van der Waals surface area contributed by atoms with Crippen LogP contribution in [0.15, 0.2) is 0 Å². The van der Waals surface area contributed by atoms with E-state index in [9.17, 15) is 14.4 Å². The van der Waals surface area contributed by atoms with Gasteiger partial charge in [0.1, 0.15) is 0 Å². The third kappa shape index (κ3) is 6.88. The van der Waals surface area contributed by atoms with Crippen LogP contribution in [0.3, 0.4) is 0 Å². The number of urea groups is 1. The first kappa shape index (κ1) is 19.3. The number of rotatable bonds is 8. The van der Waals surface area contributed by atoms with E-state index in [2.05, 4.69) is 16.0 Å². The number of aliphatic carboxylic acids is 1. The minimum Gasteiger partial charge on any atom is -0.481 e. The van der Waals surface area contributed by atoms with E-state index >= 15 is 0 Å². The maximum atomic E-state index is 12.0. The highest BCUT2D eigenvalue weighted by molar-refractivity contribution is 5.85. The molecule has 7 heteroatoms. The lowest BCUT2D eigenvalue weighted by Gasteiger charge is -2.31. The Hall–Kier alpha value is -1.79. The van der Waals surface area contributed by atoms with Crippen molar-refractivity contribution in [1.29, 1.82) is 0 Å². The number of carboxylic acids is 1. The largest absolute Gasteiger partial charge is 0.481 e. The molecule has 0 aromatic rings. The van der Waals surface area contributed by atoms with E-state index in [0.29, 0.717) is 12.8 Å². The van der Waals surface area contributed by atoms with E-state index < -0.39 is 11.5 Å². The molecule has 0 atom stereocenters. The second-order valence-electron chi connectivity index (χ2n) is 6.27. The number of carboxylic acid groups (broad SMARTS) is 1. The zero-order valence-corrected chi connectivity index (χ0v) is 14.1. The Morgan fingerprint density at radius 2 is 1.70 bits per heavy atom. The van der Waals surface area contributed by atoms with Gasteiger partial charge in [-0.3, -0.25) is 9.59 Å². The highest BCUT2D eigenvalue weighted by Crippen LogP contribution is 2.19. The van der Waals surface area contributed by atoms with Crippen LogP contribution in [0.2, 0.25) is 0 Å². The van der Waals surface area contributed by atoms with Crippen LogP contribution in [0.1, 0.15) is 65.2 Å². The van der Waals surface area contributed by atoms with Crippen molar-refractivity contribution in [3.05, 3.63) is 0 Å². The van der Waals surface area contributed by atoms with Gasteiger partial charge in [-0.1, -0.05) is 33.1 Å². The zero-order valence-electron chi connectivity index (χ0n) is 14.1. The van der Waals surface area contributed by atoms with Crippen molar-refractivity contribution >= 4 is 17.9 Å². The van der Waals surface area contributed by atoms with Crippen molar-refractivity contribution in [2.24, 2.45) is 0 Å². The summed E-state index contributed by atoms with van der Waals surface area (Å²) in [5.74, 6) is -1.31. The summed E-state index contributed by atoms with van der Waals surface area (Å²) >= 11 is 0. The van der Waals surface area contributed by atoms with Crippen molar-refractivity contribution in [3.8, 4) is 0 Å². The van der Waals surface area contributed by atoms with Gasteiger partial charge in [0, 0.05) is 6.04 Å². The smallest absolute Gasteiger partial charge is 0.315 e. The lowest BCUT2D eigenvalue weighted by molar-refractivity contribution is -0.139. The van der Waals surface area contributed by atoms with Crippen molar-refractivity contribution in [1.82, 2.24) is 16.0 Å². The van der Waals surface area contributed by atoms with Gasteiger partial charge in [0.2, 0.25) is 5.91 Å². The SMILES string of the molecule is CCC(CC)(CC(=O)O)NC(=O)CNC(=O)NC1CCCCC1. The fraction of sp³-hybridized carbons (Fsp3) is 0.812. The molecule has 0 radical (unpaired) electrons. The number of carbonyl (C=O) groups excluding carboxylic acids is 2. The Morgan fingerprint density at radius 1 is 1.09 bits per heavy atom. The molecule has 3 amide bonds. The van der Waals surface area contributed by atoms with Crippen molar-refractivity contribution in [3.63, 3.8) is 0 Å². The second-order valence-corrected chi connectivity index (χ2v) is 6.27. The molecule has 0 unspecified atom stereocenters. The molecule has 0 aliphatic heterocycles. The van der Waals surface area contributed by atoms with Gasteiger partial charge >= 0.3 is 12.0 Å². The number of carbonyl (C=O) groups is 3. The van der Waals surface area contributed by atoms with Crippen LogP contribution in [0.4, 0.5) is 4.79 Å². The van der Waals surface area contributed by atoms with Crippen LogP contribution in [-0.4, -0.2) is 41.1 Å². The van der Waals surface area contributed by atoms with E-state index in [1.54, 1.807) is 0 Å². The Bertz CT molecular complexity index is 416. The van der Waals surface area contributed by atoms with Gasteiger partial charge < -0.3 is 21.1 Å². The van der Waals surface area contributed by atoms with Crippen LogP contribution in [0.25, 0.3) is 0 Å². The highest BCUT2D eigenvalue weighted by atomic mass is 16.4. The fourth-order valence-electron chi connectivity index (χ4n) is 2.99. The summed E-state index contributed by atoms with van der Waals surface area (Å²) in [5, 5.41) is 17.2. The predicted molar refractivity (Wildman–Crippen MR) is 87.1 cm³/mol. The van der Waals surface area contributed by atoms with E-state index in [-0.39, 0.29) is 30.9 Å². The van der Waals surface area contributed by atoms with Crippen LogP contribution in [0, 0.1) is 0 Å². The summed E-state index contributed by atoms with van der Waals surface area (Å²) in [5.41, 5.74) is -0.759. The third-order valence-corrected chi connectivity index (χ3v) is 4.60. The van der Waals surface area contributed by atoms with Gasteiger partial charge in [-0.05, 0) is 25.7 Å². The molecule has 4 N–H and O–H groups in total. The number of nitrogens with one attached hydrogen (secondary N) is 3. The minimum atomic E-state index is -0.947. The summed E-state index contributed by atoms with van der Waals surface area (Å²) in [4.78, 5) is 34.8. The molecule has 1 rings (SSSR count). The van der Waals surface area contributed by atoms with Gasteiger partial charge in [-0.2, -0.15) is 0 Å². The van der Waals surface area contributed by atoms with E-state index in [0.717, 1.165) is 25.7 Å². The molecule has 1 aliphatic rings. The van der Waals surface area contributed by atoms with Gasteiger partial charge in [-0.25, -0.2) is 4.79 Å². The van der Waals surface area contributed by atoms with E-state index in [4.69, 9.17) is 5.11 Å². The molecule has 0 aromatic carbocycles. The summed E-state index contributed by atoms with van der Waals surface area (Å²) in [7, 11) is 0. The number of amides is 3. The highest BCUT2D eigenvalue weighted by Gasteiger charge is 2.30. The Labute approximate surface area is 137 Å². The molecule has 1 fully saturated rings. The Morgan fingerprint density at radius 3 is 2.22 bits per heavy atom. The van der Waals surface area contributed by atoms with Crippen LogP contribution in [-0.2, 0) is 9.59 Å². The Kier molecular flexibility index (Phi) is 7.85. The first-order chi connectivity index (χ1) is 10.9. The standard InChI is InChI=1S/C16H29N3O4/c1-3-16(4-2,10-14(21)22)19-13(20)11-17-15(23)18-12-8-6-5-7-9-12/h12H,3-11H2,1-2H3,(H,19,20)(H,21,22)(H2,17,18,23). The molecular formula is C16H29N3O4. The topological polar surface area (TPSA) is 108 Å². The number of hydrogen-bond donors (Lipinski definition) is 4. The van der Waals surface area contributed by atoms with Gasteiger partial charge in [0.25, 0.3) is 0 Å². The maximum absolute atomic E-state index is 12.0. The summed E-state index contributed by atoms with van der Waals surface area (Å²) in [6.45, 7) is 3.53. The van der Waals surface area contributed by atoms with Gasteiger partial charge in [0.05, 0.1) is 18.5 Å². The molecule has 132 valence electrons. The van der Waals surface area contributed by atoms with Gasteiger partial charge in [0.15, 0.2) is 0 Å². The Balaban J connectivity index is 2.39. The van der Waals surface area contributed by atoms with Crippen LogP contribution < -0.4 is 16.0 Å². The van der Waals surface area contributed by atoms with E-state index in [1.165, 1.54) is 6.42 Å². The average molecular weight is 327 g/mol. The zero-order chi connectivity index (χ0) is 17.3. The van der Waals surface area contributed by atoms with Crippen LogP contribution >= 0.6 is 0 Å². The molecule has 0 heterocycles. The molecule has 1 aliphatic carbocycles. The van der Waals surface area contributed by atoms with Crippen molar-refractivity contribution in [2.45, 2.75) is 76.8 Å². The summed E-state index contributed by atoms with van der Waals surface area (Å²) < 4.78 is 0. The normalized spacial score (nSPS) is 15.7. The summed E-state index contributed by atoms with van der Waals surface area (Å²) in [6, 6.07) is -0.159. The molecule has 0 spiro atoms. The third-order valence-electron chi connectivity index (χ3n) is 4.60. The molecule has 0 bridgehead atoms. The minimum absolute atomic E-state index is 0.125. The van der Waals surface area contributed by atoms with Crippen molar-refractivity contribution in [2.75, 3.05) is 6.54 Å². The molecule has 0 saturated heterocycles. The average Bonchev–Trinajstić information content (AvgIpc) is 2.52. The monoisotopic (exact) mass is 327 g/mol. The number of hydrogen-bond acceptors (Lipinski definition) is 3. The predicted octanol–water partition coefficient (Wildman–Crippen LogP) is 1.77. The van der Waals surface area contributed by atoms with Crippen molar-refractivity contribution < 1.29 is 19.5 Å².